The summed E-state index contributed by atoms with van der Waals surface area (Å²) < 4.78 is 0. The number of carbonyl (C=O) groups is 1. The molecule has 4 heteroatoms. The van der Waals surface area contributed by atoms with Crippen molar-refractivity contribution in [1.29, 1.82) is 0 Å². The fourth-order valence-electron chi connectivity index (χ4n) is 1.80. The summed E-state index contributed by atoms with van der Waals surface area (Å²) in [5, 5.41) is 8.74. The molecule has 0 fully saturated rings. The van der Waals surface area contributed by atoms with Crippen LogP contribution >= 0.6 is 0 Å². The summed E-state index contributed by atoms with van der Waals surface area (Å²) >= 11 is 0. The molecule has 0 spiro atoms. The van der Waals surface area contributed by atoms with E-state index in [0.717, 1.165) is 0 Å². The average Bonchev–Trinajstić information content (AvgIpc) is 2.29. The molecule has 0 aliphatic rings. The second-order valence-electron chi connectivity index (χ2n) is 5.04. The Balaban J connectivity index is 2.54. The summed E-state index contributed by atoms with van der Waals surface area (Å²) in [7, 11) is 1.87. The van der Waals surface area contributed by atoms with E-state index in [9.17, 15) is 4.79 Å². The molecular weight excluding hydrogens is 228 g/mol. The number of rotatable bonds is 6. The van der Waals surface area contributed by atoms with Gasteiger partial charge < -0.3 is 10.8 Å². The molecule has 0 heterocycles. The van der Waals surface area contributed by atoms with E-state index >= 15 is 0 Å². The first kappa shape index (κ1) is 14.7. The van der Waals surface area contributed by atoms with Crippen LogP contribution in [0.2, 0.25) is 0 Å². The molecule has 1 rings (SSSR count). The van der Waals surface area contributed by atoms with E-state index in [1.165, 1.54) is 11.1 Å². The van der Waals surface area contributed by atoms with Crippen molar-refractivity contribution in [3.63, 3.8) is 0 Å². The Labute approximate surface area is 108 Å². The third kappa shape index (κ3) is 4.47. The molecule has 0 saturated carbocycles. The van der Waals surface area contributed by atoms with Crippen LogP contribution in [0.15, 0.2) is 24.3 Å². The number of hydrogen-bond acceptors (Lipinski definition) is 3. The van der Waals surface area contributed by atoms with Crippen molar-refractivity contribution in [3.8, 4) is 0 Å². The smallest absolute Gasteiger partial charge is 0.321 e. The van der Waals surface area contributed by atoms with Gasteiger partial charge in [0.25, 0.3) is 0 Å². The summed E-state index contributed by atoms with van der Waals surface area (Å²) in [4.78, 5) is 12.6. The summed E-state index contributed by atoms with van der Waals surface area (Å²) in [5.41, 5.74) is 7.97. The Kier molecular flexibility index (Phi) is 5.31. The fraction of sp³-hybridized carbons (Fsp3) is 0.500. The first-order chi connectivity index (χ1) is 8.40. The van der Waals surface area contributed by atoms with Gasteiger partial charge in [0.1, 0.15) is 6.04 Å². The van der Waals surface area contributed by atoms with Gasteiger partial charge in [-0.1, -0.05) is 38.1 Å². The monoisotopic (exact) mass is 250 g/mol. The van der Waals surface area contributed by atoms with Gasteiger partial charge in [0, 0.05) is 13.1 Å². The summed E-state index contributed by atoms with van der Waals surface area (Å²) in [6, 6.07) is 7.57. The highest BCUT2D eigenvalue weighted by Gasteiger charge is 2.14. The number of benzene rings is 1. The van der Waals surface area contributed by atoms with Gasteiger partial charge in [-0.15, -0.1) is 0 Å². The zero-order chi connectivity index (χ0) is 13.7. The van der Waals surface area contributed by atoms with Crippen LogP contribution in [0, 0.1) is 0 Å². The lowest BCUT2D eigenvalue weighted by molar-refractivity contribution is -0.138. The van der Waals surface area contributed by atoms with Crippen LogP contribution in [-0.4, -0.2) is 35.6 Å². The fourth-order valence-corrected chi connectivity index (χ4v) is 1.80. The zero-order valence-corrected chi connectivity index (χ0v) is 11.3. The molecule has 0 saturated heterocycles. The molecule has 100 valence electrons. The second kappa shape index (κ2) is 6.52. The van der Waals surface area contributed by atoms with Crippen molar-refractivity contribution in [2.45, 2.75) is 32.4 Å². The Morgan fingerprint density at radius 3 is 2.33 bits per heavy atom. The minimum absolute atomic E-state index is 0.348. The van der Waals surface area contributed by atoms with Crippen molar-refractivity contribution >= 4 is 5.97 Å². The standard InChI is InChI=1S/C14H22N2O2/c1-10(2)12-6-4-11(5-7-12)8-16(3)9-13(15)14(17)18/h4-7,10,13H,8-9,15H2,1-3H3,(H,17,18). The van der Waals surface area contributed by atoms with Gasteiger partial charge in [-0.3, -0.25) is 9.69 Å². The number of aliphatic carboxylic acids is 1. The topological polar surface area (TPSA) is 66.6 Å². The van der Waals surface area contributed by atoms with Crippen molar-refractivity contribution in [3.05, 3.63) is 35.4 Å². The highest BCUT2D eigenvalue weighted by molar-refractivity contribution is 5.73. The summed E-state index contributed by atoms with van der Waals surface area (Å²) in [6.07, 6.45) is 0. The lowest BCUT2D eigenvalue weighted by atomic mass is 10.0. The second-order valence-corrected chi connectivity index (χ2v) is 5.04. The van der Waals surface area contributed by atoms with E-state index in [1.807, 2.05) is 11.9 Å². The molecule has 4 nitrogen and oxygen atoms in total. The molecule has 1 unspecified atom stereocenters. The van der Waals surface area contributed by atoms with Crippen LogP contribution in [0.1, 0.15) is 30.9 Å². The van der Waals surface area contributed by atoms with E-state index in [2.05, 4.69) is 38.1 Å². The quantitative estimate of drug-likeness (QED) is 0.805. The van der Waals surface area contributed by atoms with Gasteiger partial charge in [0.15, 0.2) is 0 Å². The van der Waals surface area contributed by atoms with E-state index < -0.39 is 12.0 Å². The predicted octanol–water partition coefficient (Wildman–Crippen LogP) is 1.65. The first-order valence-corrected chi connectivity index (χ1v) is 6.16. The Morgan fingerprint density at radius 1 is 1.33 bits per heavy atom. The van der Waals surface area contributed by atoms with Gasteiger partial charge in [-0.2, -0.15) is 0 Å². The number of carboxylic acids is 1. The Bertz CT molecular complexity index is 387. The summed E-state index contributed by atoms with van der Waals surface area (Å²) in [5.74, 6) is -0.436. The van der Waals surface area contributed by atoms with Gasteiger partial charge >= 0.3 is 5.97 Å². The largest absolute Gasteiger partial charge is 0.480 e. The molecular formula is C14H22N2O2. The van der Waals surface area contributed by atoms with Crippen LogP contribution in [0.3, 0.4) is 0 Å². The minimum Gasteiger partial charge on any atom is -0.480 e. The molecule has 0 bridgehead atoms. The van der Waals surface area contributed by atoms with Crippen molar-refractivity contribution in [2.24, 2.45) is 5.73 Å². The first-order valence-electron chi connectivity index (χ1n) is 6.16. The summed E-state index contributed by atoms with van der Waals surface area (Å²) in [6.45, 7) is 5.38. The number of carboxylic acid groups (broad SMARTS) is 1. The van der Waals surface area contributed by atoms with Crippen molar-refractivity contribution in [2.75, 3.05) is 13.6 Å². The van der Waals surface area contributed by atoms with E-state index in [0.29, 0.717) is 19.0 Å². The maximum atomic E-state index is 10.7. The molecule has 18 heavy (non-hydrogen) atoms. The maximum absolute atomic E-state index is 10.7. The zero-order valence-electron chi connectivity index (χ0n) is 11.3. The predicted molar refractivity (Wildman–Crippen MR) is 72.5 cm³/mol. The van der Waals surface area contributed by atoms with Gasteiger partial charge in [0.05, 0.1) is 0 Å². The number of likely N-dealkylation sites (N-methyl/N-ethyl adjacent to an activating group) is 1. The van der Waals surface area contributed by atoms with E-state index in [4.69, 9.17) is 10.8 Å². The maximum Gasteiger partial charge on any atom is 0.321 e. The molecule has 0 radical (unpaired) electrons. The molecule has 0 aliphatic carbocycles. The lowest BCUT2D eigenvalue weighted by Crippen LogP contribution is -2.40. The van der Waals surface area contributed by atoms with Crippen LogP contribution < -0.4 is 5.73 Å². The van der Waals surface area contributed by atoms with Gasteiger partial charge in [0.2, 0.25) is 0 Å². The highest BCUT2D eigenvalue weighted by atomic mass is 16.4. The van der Waals surface area contributed by atoms with Crippen molar-refractivity contribution < 1.29 is 9.90 Å². The van der Waals surface area contributed by atoms with Crippen LogP contribution in [0.4, 0.5) is 0 Å². The highest BCUT2D eigenvalue weighted by Crippen LogP contribution is 2.15. The third-order valence-electron chi connectivity index (χ3n) is 2.92. The van der Waals surface area contributed by atoms with Gasteiger partial charge in [-0.05, 0) is 24.1 Å². The number of nitrogens with two attached hydrogens (primary N) is 1. The SMILES string of the molecule is CC(C)c1ccc(CN(C)CC(N)C(=O)O)cc1. The molecule has 3 N–H and O–H groups in total. The van der Waals surface area contributed by atoms with Crippen molar-refractivity contribution in [1.82, 2.24) is 4.90 Å². The molecule has 1 aromatic carbocycles. The number of nitrogens with zero attached hydrogens (tertiary/aromatic N) is 1. The van der Waals surface area contributed by atoms with Gasteiger partial charge in [-0.25, -0.2) is 0 Å². The lowest BCUT2D eigenvalue weighted by Gasteiger charge is -2.19. The molecule has 0 amide bonds. The third-order valence-corrected chi connectivity index (χ3v) is 2.92. The number of hydrogen-bond donors (Lipinski definition) is 2. The van der Waals surface area contributed by atoms with Crippen LogP contribution in [-0.2, 0) is 11.3 Å². The average molecular weight is 250 g/mol. The molecule has 0 aliphatic heterocycles. The Morgan fingerprint density at radius 2 is 1.89 bits per heavy atom. The molecule has 0 aromatic heterocycles. The molecule has 1 aromatic rings. The van der Waals surface area contributed by atoms with Crippen LogP contribution in [0.5, 0.6) is 0 Å². The van der Waals surface area contributed by atoms with E-state index in [-0.39, 0.29) is 0 Å². The van der Waals surface area contributed by atoms with Crippen LogP contribution in [0.25, 0.3) is 0 Å². The molecule has 1 atom stereocenters. The minimum atomic E-state index is -0.961. The normalized spacial score (nSPS) is 13.0. The van der Waals surface area contributed by atoms with E-state index in [1.54, 1.807) is 0 Å². The Hall–Kier alpha value is -1.39.